The van der Waals surface area contributed by atoms with Crippen LogP contribution in [0.25, 0.3) is 0 Å². The van der Waals surface area contributed by atoms with Crippen molar-refractivity contribution < 1.29 is 19.1 Å². The molecule has 4 aliphatic carbocycles. The molecule has 6 nitrogen and oxygen atoms in total. The second-order valence-electron chi connectivity index (χ2n) is 11.4. The van der Waals surface area contributed by atoms with Gasteiger partial charge in [0.15, 0.2) is 0 Å². The summed E-state index contributed by atoms with van der Waals surface area (Å²) in [7, 11) is 0. The number of likely N-dealkylation sites (tertiary alicyclic amines) is 1. The molecule has 5 aliphatic rings. The van der Waals surface area contributed by atoms with Crippen molar-refractivity contribution in [3.63, 3.8) is 0 Å². The van der Waals surface area contributed by atoms with Crippen LogP contribution in [0, 0.1) is 35.5 Å². The van der Waals surface area contributed by atoms with E-state index in [-0.39, 0.29) is 53.4 Å². The lowest BCUT2D eigenvalue weighted by Crippen LogP contribution is -2.40. The topological polar surface area (TPSA) is 75.7 Å². The Morgan fingerprint density at radius 3 is 1.91 bits per heavy atom. The molecule has 0 unspecified atom stereocenters. The van der Waals surface area contributed by atoms with Gasteiger partial charge >= 0.3 is 0 Å². The van der Waals surface area contributed by atoms with Crippen molar-refractivity contribution in [1.29, 1.82) is 0 Å². The van der Waals surface area contributed by atoms with Gasteiger partial charge in [0, 0.05) is 5.69 Å². The van der Waals surface area contributed by atoms with Crippen LogP contribution in [0.5, 0.6) is 11.5 Å². The van der Waals surface area contributed by atoms with Crippen molar-refractivity contribution in [3.8, 4) is 11.5 Å². The lowest BCUT2D eigenvalue weighted by Gasteiger charge is -2.37. The van der Waals surface area contributed by atoms with Gasteiger partial charge in [-0.25, -0.2) is 0 Å². The lowest BCUT2D eigenvalue weighted by atomic mass is 9.63. The third-order valence-corrected chi connectivity index (χ3v) is 8.15. The third-order valence-electron chi connectivity index (χ3n) is 8.15. The number of nitrogens with one attached hydrogen (secondary N) is 1. The molecule has 2 saturated carbocycles. The van der Waals surface area contributed by atoms with Crippen LogP contribution in [0.1, 0.15) is 32.8 Å². The average Bonchev–Trinajstić information content (AvgIpc) is 3.61. The molecular formula is C29H30N2O4. The molecule has 0 spiro atoms. The summed E-state index contributed by atoms with van der Waals surface area (Å²) in [6.07, 6.45) is 5.40. The van der Waals surface area contributed by atoms with E-state index in [2.05, 4.69) is 50.4 Å². The van der Waals surface area contributed by atoms with Gasteiger partial charge in [0.25, 0.3) is 0 Å². The molecule has 0 aromatic heterocycles. The summed E-state index contributed by atoms with van der Waals surface area (Å²) in [6.45, 7) is 6.27. The van der Waals surface area contributed by atoms with Gasteiger partial charge in [-0.1, -0.05) is 45.1 Å². The fraction of sp³-hybridized carbons (Fsp3) is 0.414. The van der Waals surface area contributed by atoms with Gasteiger partial charge in [-0.3, -0.25) is 19.3 Å². The summed E-state index contributed by atoms with van der Waals surface area (Å²) in [4.78, 5) is 40.0. The van der Waals surface area contributed by atoms with Gasteiger partial charge in [0.2, 0.25) is 17.7 Å². The van der Waals surface area contributed by atoms with Crippen LogP contribution in [0.2, 0.25) is 0 Å². The number of anilines is 1. The highest BCUT2D eigenvalue weighted by Crippen LogP contribution is 2.65. The number of benzene rings is 2. The van der Waals surface area contributed by atoms with E-state index in [4.69, 9.17) is 4.74 Å². The van der Waals surface area contributed by atoms with E-state index in [1.54, 1.807) is 24.3 Å². The molecule has 3 fully saturated rings. The van der Waals surface area contributed by atoms with E-state index in [0.717, 1.165) is 12.2 Å². The van der Waals surface area contributed by atoms with Crippen LogP contribution in [0.15, 0.2) is 60.7 Å². The molecule has 6 heteroatoms. The molecule has 2 aromatic rings. The predicted molar refractivity (Wildman–Crippen MR) is 132 cm³/mol. The number of imide groups is 1. The molecule has 2 bridgehead atoms. The SMILES string of the molecule is CC(C)(C)c1ccc(Oc2ccc(NC(=O)CN3C(=O)[C@H]4[C@@H]5C=C[C@@H]([C@H]6C[C@H]56)[C@@H]4C3=O)cc2)cc1. The second kappa shape index (κ2) is 7.80. The first-order chi connectivity index (χ1) is 16.7. The zero-order chi connectivity index (χ0) is 24.5. The molecule has 180 valence electrons. The summed E-state index contributed by atoms with van der Waals surface area (Å²) >= 11 is 0. The van der Waals surface area contributed by atoms with E-state index in [0.29, 0.717) is 23.3 Å². The summed E-state index contributed by atoms with van der Waals surface area (Å²) in [5.74, 6) is 1.54. The molecule has 2 aromatic carbocycles. The Kier molecular flexibility index (Phi) is 4.92. The van der Waals surface area contributed by atoms with Crippen LogP contribution in [-0.4, -0.2) is 29.2 Å². The first-order valence-corrected chi connectivity index (χ1v) is 12.4. The van der Waals surface area contributed by atoms with Gasteiger partial charge in [0.05, 0.1) is 11.8 Å². The van der Waals surface area contributed by atoms with Gasteiger partial charge in [-0.05, 0) is 77.5 Å². The number of hydrogen-bond donors (Lipinski definition) is 1. The van der Waals surface area contributed by atoms with Crippen LogP contribution < -0.4 is 10.1 Å². The second-order valence-corrected chi connectivity index (χ2v) is 11.4. The molecule has 1 aliphatic heterocycles. The molecule has 1 N–H and O–H groups in total. The lowest BCUT2D eigenvalue weighted by molar-refractivity contribution is -0.142. The largest absolute Gasteiger partial charge is 0.457 e. The van der Waals surface area contributed by atoms with Crippen molar-refractivity contribution in [2.45, 2.75) is 32.6 Å². The summed E-state index contributed by atoms with van der Waals surface area (Å²) < 4.78 is 5.92. The van der Waals surface area contributed by atoms with Crippen molar-refractivity contribution >= 4 is 23.4 Å². The van der Waals surface area contributed by atoms with E-state index in [1.165, 1.54) is 10.5 Å². The number of rotatable bonds is 5. The minimum absolute atomic E-state index is 0.0809. The minimum Gasteiger partial charge on any atom is -0.457 e. The summed E-state index contributed by atoms with van der Waals surface area (Å²) in [5.41, 5.74) is 1.90. The molecule has 6 atom stereocenters. The maximum absolute atomic E-state index is 13.1. The number of hydrogen-bond acceptors (Lipinski definition) is 4. The number of carbonyl (C=O) groups is 3. The summed E-state index contributed by atoms with van der Waals surface area (Å²) in [6, 6.07) is 15.1. The fourth-order valence-corrected chi connectivity index (χ4v) is 6.28. The Hall–Kier alpha value is -3.41. The number of ether oxygens (including phenoxy) is 1. The van der Waals surface area contributed by atoms with Crippen LogP contribution >= 0.6 is 0 Å². The Morgan fingerprint density at radius 1 is 0.886 bits per heavy atom. The Balaban J connectivity index is 1.07. The van der Waals surface area contributed by atoms with Crippen molar-refractivity contribution in [1.82, 2.24) is 4.90 Å². The van der Waals surface area contributed by atoms with Crippen molar-refractivity contribution in [3.05, 3.63) is 66.2 Å². The third kappa shape index (κ3) is 3.76. The molecule has 1 heterocycles. The average molecular weight is 471 g/mol. The molecule has 35 heavy (non-hydrogen) atoms. The quantitative estimate of drug-likeness (QED) is 0.505. The van der Waals surface area contributed by atoms with Crippen molar-refractivity contribution in [2.75, 3.05) is 11.9 Å². The van der Waals surface area contributed by atoms with E-state index >= 15 is 0 Å². The van der Waals surface area contributed by atoms with Crippen LogP contribution in [0.4, 0.5) is 5.69 Å². The number of carbonyl (C=O) groups excluding carboxylic acids is 3. The molecule has 3 amide bonds. The van der Waals surface area contributed by atoms with Crippen molar-refractivity contribution in [2.24, 2.45) is 35.5 Å². The molecule has 7 rings (SSSR count). The first-order valence-electron chi connectivity index (χ1n) is 12.4. The maximum Gasteiger partial charge on any atom is 0.244 e. The Labute approximate surface area is 205 Å². The molecule has 1 saturated heterocycles. The monoisotopic (exact) mass is 470 g/mol. The molecular weight excluding hydrogens is 440 g/mol. The fourth-order valence-electron chi connectivity index (χ4n) is 6.28. The normalized spacial score (nSPS) is 30.2. The highest BCUT2D eigenvalue weighted by Gasteiger charge is 2.67. The van der Waals surface area contributed by atoms with Gasteiger partial charge in [-0.2, -0.15) is 0 Å². The highest BCUT2D eigenvalue weighted by atomic mass is 16.5. The zero-order valence-electron chi connectivity index (χ0n) is 20.2. The number of amides is 3. The number of nitrogens with zero attached hydrogens (tertiary/aromatic N) is 1. The van der Waals surface area contributed by atoms with Gasteiger partial charge < -0.3 is 10.1 Å². The van der Waals surface area contributed by atoms with E-state index in [9.17, 15) is 14.4 Å². The number of allylic oxidation sites excluding steroid dienone is 2. The Morgan fingerprint density at radius 2 is 1.40 bits per heavy atom. The zero-order valence-corrected chi connectivity index (χ0v) is 20.2. The van der Waals surface area contributed by atoms with Crippen LogP contribution in [0.3, 0.4) is 0 Å². The first kappa shape index (κ1) is 22.1. The minimum atomic E-state index is -0.373. The summed E-state index contributed by atoms with van der Waals surface area (Å²) in [5, 5.41) is 2.81. The smallest absolute Gasteiger partial charge is 0.244 e. The van der Waals surface area contributed by atoms with E-state index < -0.39 is 0 Å². The van der Waals surface area contributed by atoms with Crippen LogP contribution in [-0.2, 0) is 19.8 Å². The highest BCUT2D eigenvalue weighted by molar-refractivity contribution is 6.09. The van der Waals surface area contributed by atoms with E-state index in [1.807, 2.05) is 12.1 Å². The predicted octanol–water partition coefficient (Wildman–Crippen LogP) is 4.77. The van der Waals surface area contributed by atoms with Gasteiger partial charge in [-0.15, -0.1) is 0 Å². The molecule has 0 radical (unpaired) electrons. The maximum atomic E-state index is 13.1. The standard InChI is InChI=1S/C29H30N2O4/c1-29(2,3)16-4-8-18(9-5-16)35-19-10-6-17(7-11-19)30-24(32)15-31-27(33)25-20-12-13-21(23-14-22(20)23)26(25)28(31)34/h4-13,20-23,25-26H,14-15H2,1-3H3,(H,30,32)/t20-,21+,22-,23-,25+,26+/m1/s1. The Bertz CT molecular complexity index is 1190. The van der Waals surface area contributed by atoms with Gasteiger partial charge in [0.1, 0.15) is 18.0 Å².